The van der Waals surface area contributed by atoms with E-state index in [1.165, 1.54) is 12.6 Å². The van der Waals surface area contributed by atoms with Crippen molar-refractivity contribution < 1.29 is 19.2 Å². The molecular formula is C16H19N3O4. The van der Waals surface area contributed by atoms with Gasteiger partial charge in [-0.15, -0.1) is 0 Å². The predicted molar refractivity (Wildman–Crippen MR) is 83.7 cm³/mol. The highest BCUT2D eigenvalue weighted by molar-refractivity contribution is 6.44. The van der Waals surface area contributed by atoms with Crippen LogP contribution >= 0.6 is 0 Å². The molecule has 1 saturated heterocycles. The molecule has 0 aromatic heterocycles. The number of anilines is 1. The van der Waals surface area contributed by atoms with Crippen LogP contribution in [-0.2, 0) is 14.4 Å². The Morgan fingerprint density at radius 3 is 2.22 bits per heavy atom. The van der Waals surface area contributed by atoms with E-state index in [0.29, 0.717) is 21.4 Å². The first-order chi connectivity index (χ1) is 10.8. The Morgan fingerprint density at radius 1 is 1.13 bits per heavy atom. The number of benzene rings is 1. The van der Waals surface area contributed by atoms with Gasteiger partial charge in [-0.25, -0.2) is 9.69 Å². The number of amides is 5. The van der Waals surface area contributed by atoms with Gasteiger partial charge in [0.25, 0.3) is 0 Å². The van der Waals surface area contributed by atoms with E-state index in [1.807, 2.05) is 12.1 Å². The summed E-state index contributed by atoms with van der Waals surface area (Å²) in [6.45, 7) is 3.73. The van der Waals surface area contributed by atoms with Crippen LogP contribution in [0.5, 0.6) is 0 Å². The smallest absolute Gasteiger partial charge is 0.325 e. The fraction of sp³-hybridized carbons (Fsp3) is 0.375. The van der Waals surface area contributed by atoms with Crippen molar-refractivity contribution in [3.05, 3.63) is 29.8 Å². The van der Waals surface area contributed by atoms with Crippen LogP contribution in [0.25, 0.3) is 0 Å². The number of urea groups is 1. The molecule has 7 heteroatoms. The zero-order valence-corrected chi connectivity index (χ0v) is 13.3. The molecule has 1 aromatic carbocycles. The molecule has 1 N–H and O–H groups in total. The molecule has 2 rings (SSSR count). The highest BCUT2D eigenvalue weighted by atomic mass is 16.2. The Kier molecular flexibility index (Phi) is 4.78. The lowest BCUT2D eigenvalue weighted by atomic mass is 9.99. The summed E-state index contributed by atoms with van der Waals surface area (Å²) in [6.07, 6.45) is 1.02. The number of hydrogen-bond acceptors (Lipinski definition) is 4. The van der Waals surface area contributed by atoms with E-state index < -0.39 is 30.3 Å². The summed E-state index contributed by atoms with van der Waals surface area (Å²) in [4.78, 5) is 48.0. The number of hydrogen-bond donors (Lipinski definition) is 1. The van der Waals surface area contributed by atoms with E-state index in [4.69, 9.17) is 0 Å². The normalized spacial score (nSPS) is 16.0. The summed E-state index contributed by atoms with van der Waals surface area (Å²) in [5.74, 6) is -2.02. The van der Waals surface area contributed by atoms with Crippen LogP contribution in [0.15, 0.2) is 24.3 Å². The van der Waals surface area contributed by atoms with E-state index in [-0.39, 0.29) is 0 Å². The fourth-order valence-electron chi connectivity index (χ4n) is 2.23. The largest absolute Gasteiger partial charge is 0.334 e. The zero-order chi connectivity index (χ0) is 17.1. The molecule has 1 atom stereocenters. The molecule has 1 aliphatic rings. The van der Waals surface area contributed by atoms with E-state index in [1.54, 1.807) is 12.1 Å². The lowest BCUT2D eigenvalue weighted by molar-refractivity contribution is -0.143. The van der Waals surface area contributed by atoms with Crippen molar-refractivity contribution in [1.82, 2.24) is 9.80 Å². The van der Waals surface area contributed by atoms with E-state index in [9.17, 15) is 19.2 Å². The molecule has 1 heterocycles. The molecule has 1 aromatic rings. The number of carbonyl (C=O) groups excluding carboxylic acids is 4. The van der Waals surface area contributed by atoms with Crippen LogP contribution in [0.4, 0.5) is 10.5 Å². The zero-order valence-electron chi connectivity index (χ0n) is 13.3. The number of carbonyl (C=O) groups is 4. The summed E-state index contributed by atoms with van der Waals surface area (Å²) in [6, 6.07) is 6.59. The summed E-state index contributed by atoms with van der Waals surface area (Å²) < 4.78 is 0. The molecule has 122 valence electrons. The average molecular weight is 317 g/mol. The topological polar surface area (TPSA) is 86.8 Å². The summed E-state index contributed by atoms with van der Waals surface area (Å²) in [5.41, 5.74) is 1.74. The van der Waals surface area contributed by atoms with Crippen molar-refractivity contribution in [3.8, 4) is 0 Å². The van der Waals surface area contributed by atoms with Gasteiger partial charge in [-0.05, 0) is 30.0 Å². The maximum atomic E-state index is 12.0. The average Bonchev–Trinajstić information content (AvgIpc) is 2.72. The highest BCUT2D eigenvalue weighted by Crippen LogP contribution is 2.20. The fourth-order valence-corrected chi connectivity index (χ4v) is 2.23. The van der Waals surface area contributed by atoms with Gasteiger partial charge >= 0.3 is 17.8 Å². The molecule has 23 heavy (non-hydrogen) atoms. The van der Waals surface area contributed by atoms with Crippen molar-refractivity contribution in [2.24, 2.45) is 0 Å². The van der Waals surface area contributed by atoms with Gasteiger partial charge in [0.15, 0.2) is 0 Å². The van der Waals surface area contributed by atoms with Gasteiger partial charge in [-0.2, -0.15) is 0 Å². The molecule has 7 nitrogen and oxygen atoms in total. The Balaban J connectivity index is 1.99. The first kappa shape index (κ1) is 16.7. The molecule has 1 fully saturated rings. The van der Waals surface area contributed by atoms with Gasteiger partial charge in [-0.1, -0.05) is 26.0 Å². The lowest BCUT2D eigenvalue weighted by Crippen LogP contribution is -2.38. The number of imide groups is 2. The molecule has 0 spiro atoms. The second-order valence-electron chi connectivity index (χ2n) is 5.52. The Labute approximate surface area is 134 Å². The van der Waals surface area contributed by atoms with Crippen molar-refractivity contribution in [1.29, 1.82) is 0 Å². The number of rotatable bonds is 5. The number of nitrogens with zero attached hydrogens (tertiary/aromatic N) is 2. The Hall–Kier alpha value is -2.70. The van der Waals surface area contributed by atoms with E-state index in [2.05, 4.69) is 19.2 Å². The second kappa shape index (κ2) is 6.60. The van der Waals surface area contributed by atoms with Crippen LogP contribution < -0.4 is 5.32 Å². The van der Waals surface area contributed by atoms with Gasteiger partial charge < -0.3 is 5.32 Å². The molecule has 1 aliphatic heterocycles. The van der Waals surface area contributed by atoms with Gasteiger partial charge in [0.05, 0.1) is 0 Å². The minimum atomic E-state index is -0.986. The first-order valence-electron chi connectivity index (χ1n) is 7.38. The quantitative estimate of drug-likeness (QED) is 0.659. The summed E-state index contributed by atoms with van der Waals surface area (Å²) in [5, 5.41) is 2.61. The summed E-state index contributed by atoms with van der Waals surface area (Å²) >= 11 is 0. The van der Waals surface area contributed by atoms with Gasteiger partial charge in [0.1, 0.15) is 6.54 Å². The van der Waals surface area contributed by atoms with Crippen LogP contribution in [0.1, 0.15) is 31.7 Å². The molecule has 5 amide bonds. The minimum Gasteiger partial charge on any atom is -0.325 e. The van der Waals surface area contributed by atoms with Crippen molar-refractivity contribution in [2.45, 2.75) is 26.2 Å². The molecule has 0 radical (unpaired) electrons. The van der Waals surface area contributed by atoms with Crippen molar-refractivity contribution in [2.75, 3.05) is 18.9 Å². The maximum Gasteiger partial charge on any atom is 0.334 e. The van der Waals surface area contributed by atoms with Gasteiger partial charge in [0.2, 0.25) is 5.91 Å². The van der Waals surface area contributed by atoms with Gasteiger partial charge in [0, 0.05) is 12.7 Å². The van der Waals surface area contributed by atoms with E-state index in [0.717, 1.165) is 6.42 Å². The SMILES string of the molecule is CC[C@H](C)c1ccc(NC(=O)CN2C(=O)C(=O)N(C)C2=O)cc1. The third-order valence-electron chi connectivity index (χ3n) is 3.93. The standard InChI is InChI=1S/C16H19N3O4/c1-4-10(2)11-5-7-12(8-6-11)17-13(20)9-19-15(22)14(21)18(3)16(19)23/h5-8,10H,4,9H2,1-3H3,(H,17,20)/t10-/m0/s1. The molecular weight excluding hydrogens is 298 g/mol. The molecule has 0 unspecified atom stereocenters. The highest BCUT2D eigenvalue weighted by Gasteiger charge is 2.42. The minimum absolute atomic E-state index is 0.432. The Morgan fingerprint density at radius 2 is 1.74 bits per heavy atom. The molecule has 0 saturated carbocycles. The monoisotopic (exact) mass is 317 g/mol. The number of nitrogens with one attached hydrogen (secondary N) is 1. The number of likely N-dealkylation sites (N-methyl/N-ethyl adjacent to an activating group) is 1. The molecule has 0 bridgehead atoms. The van der Waals surface area contributed by atoms with Crippen molar-refractivity contribution >= 4 is 29.4 Å². The van der Waals surface area contributed by atoms with Crippen LogP contribution in [-0.4, -0.2) is 47.1 Å². The predicted octanol–water partition coefficient (Wildman–Crippen LogP) is 1.56. The first-order valence-corrected chi connectivity index (χ1v) is 7.38. The maximum absolute atomic E-state index is 12.0. The Bertz CT molecular complexity index is 654. The van der Waals surface area contributed by atoms with Gasteiger partial charge in [-0.3, -0.25) is 19.3 Å². The summed E-state index contributed by atoms with van der Waals surface area (Å²) in [7, 11) is 1.20. The third-order valence-corrected chi connectivity index (χ3v) is 3.93. The third kappa shape index (κ3) is 3.39. The lowest BCUT2D eigenvalue weighted by Gasteiger charge is -2.13. The van der Waals surface area contributed by atoms with Crippen LogP contribution in [0, 0.1) is 0 Å². The van der Waals surface area contributed by atoms with E-state index >= 15 is 0 Å². The van der Waals surface area contributed by atoms with Crippen LogP contribution in [0.2, 0.25) is 0 Å². The van der Waals surface area contributed by atoms with Crippen molar-refractivity contribution in [3.63, 3.8) is 0 Å². The van der Waals surface area contributed by atoms with Crippen LogP contribution in [0.3, 0.4) is 0 Å². The molecule has 0 aliphatic carbocycles. The second-order valence-corrected chi connectivity index (χ2v) is 5.52.